The zero-order valence-corrected chi connectivity index (χ0v) is 10.2. The first-order chi connectivity index (χ1) is 8.91. The van der Waals surface area contributed by atoms with E-state index < -0.39 is 17.5 Å². The molecule has 0 saturated heterocycles. The molecule has 0 fully saturated rings. The number of nitrogens with two attached hydrogens (primary N) is 1. The summed E-state index contributed by atoms with van der Waals surface area (Å²) in [5.41, 5.74) is 5.70. The van der Waals surface area contributed by atoms with Crippen molar-refractivity contribution < 1.29 is 18.4 Å². The minimum atomic E-state index is -0.863. The number of rotatable bonds is 2. The average Bonchev–Trinajstić information content (AvgIpc) is 2.31. The number of benzene rings is 1. The second kappa shape index (κ2) is 4.79. The Morgan fingerprint density at radius 1 is 1.32 bits per heavy atom. The lowest BCUT2D eigenvalue weighted by molar-refractivity contribution is -0.118. The second-order valence-electron chi connectivity index (χ2n) is 4.25. The maximum absolute atomic E-state index is 13.7. The molecular weight excluding hydrogens is 254 g/mol. The summed E-state index contributed by atoms with van der Waals surface area (Å²) in [6.07, 6.45) is 0.297. The van der Waals surface area contributed by atoms with Gasteiger partial charge in [-0.3, -0.25) is 14.5 Å². The Hall–Kier alpha value is -2.24. The maximum Gasteiger partial charge on any atom is 0.246 e. The van der Waals surface area contributed by atoms with Crippen molar-refractivity contribution in [2.45, 2.75) is 19.8 Å². The first-order valence-corrected chi connectivity index (χ1v) is 5.69. The fraction of sp³-hybridized carbons (Fsp3) is 0.231. The third-order valence-electron chi connectivity index (χ3n) is 3.06. The largest absolute Gasteiger partial charge is 0.366 e. The van der Waals surface area contributed by atoms with Gasteiger partial charge in [-0.25, -0.2) is 8.78 Å². The Bertz CT molecular complexity index is 596. The number of amides is 2. The van der Waals surface area contributed by atoms with E-state index in [1.165, 1.54) is 6.92 Å². The summed E-state index contributed by atoms with van der Waals surface area (Å²) < 4.78 is 26.6. The molecule has 1 aromatic carbocycles. The predicted octanol–water partition coefficient (Wildman–Crippen LogP) is 1.85. The Balaban J connectivity index is 2.55. The molecule has 6 heteroatoms. The third-order valence-corrected chi connectivity index (χ3v) is 3.06. The number of carbonyl (C=O) groups is 2. The molecular formula is C13H12F2N2O2. The van der Waals surface area contributed by atoms with Gasteiger partial charge in [0.15, 0.2) is 0 Å². The summed E-state index contributed by atoms with van der Waals surface area (Å²) in [6, 6.07) is 2.90. The lowest BCUT2D eigenvalue weighted by atomic mass is 10.0. The van der Waals surface area contributed by atoms with E-state index in [4.69, 9.17) is 5.73 Å². The number of carbonyl (C=O) groups excluding carboxylic acids is 2. The molecule has 1 heterocycles. The Morgan fingerprint density at radius 3 is 2.58 bits per heavy atom. The zero-order chi connectivity index (χ0) is 14.2. The van der Waals surface area contributed by atoms with Gasteiger partial charge in [-0.15, -0.1) is 0 Å². The molecule has 1 aliphatic rings. The number of halogens is 2. The van der Waals surface area contributed by atoms with Crippen LogP contribution >= 0.6 is 0 Å². The first kappa shape index (κ1) is 13.2. The zero-order valence-electron chi connectivity index (χ0n) is 10.2. The van der Waals surface area contributed by atoms with Crippen LogP contribution in [0.5, 0.6) is 0 Å². The van der Waals surface area contributed by atoms with Crippen LogP contribution in [-0.2, 0) is 9.59 Å². The van der Waals surface area contributed by atoms with Crippen molar-refractivity contribution in [3.05, 3.63) is 41.1 Å². The molecule has 1 aromatic rings. The second-order valence-corrected chi connectivity index (χ2v) is 4.25. The maximum atomic E-state index is 13.7. The van der Waals surface area contributed by atoms with Crippen LogP contribution in [0, 0.1) is 11.6 Å². The normalized spacial score (nSPS) is 15.9. The summed E-state index contributed by atoms with van der Waals surface area (Å²) in [7, 11) is 0. The van der Waals surface area contributed by atoms with Gasteiger partial charge in [0, 0.05) is 23.8 Å². The third kappa shape index (κ3) is 2.33. The topological polar surface area (TPSA) is 63.4 Å². The van der Waals surface area contributed by atoms with E-state index >= 15 is 0 Å². The molecule has 100 valence electrons. The minimum absolute atomic E-state index is 0.0619. The van der Waals surface area contributed by atoms with E-state index in [2.05, 4.69) is 0 Å². The van der Waals surface area contributed by atoms with Crippen LogP contribution in [0.1, 0.15) is 19.8 Å². The highest BCUT2D eigenvalue weighted by atomic mass is 19.1. The molecule has 0 aliphatic carbocycles. The number of allylic oxidation sites excluding steroid dienone is 1. The lowest BCUT2D eigenvalue weighted by Crippen LogP contribution is -2.36. The molecule has 1 aliphatic heterocycles. The van der Waals surface area contributed by atoms with Crippen LogP contribution in [0.15, 0.2) is 29.5 Å². The highest BCUT2D eigenvalue weighted by Gasteiger charge is 2.29. The van der Waals surface area contributed by atoms with Crippen LogP contribution in [0.4, 0.5) is 14.5 Å². The van der Waals surface area contributed by atoms with Gasteiger partial charge < -0.3 is 5.73 Å². The summed E-state index contributed by atoms with van der Waals surface area (Å²) >= 11 is 0. The van der Waals surface area contributed by atoms with E-state index in [1.54, 1.807) is 0 Å². The molecule has 0 radical (unpaired) electrons. The fourth-order valence-corrected chi connectivity index (χ4v) is 2.13. The van der Waals surface area contributed by atoms with Crippen molar-refractivity contribution in [1.29, 1.82) is 0 Å². The van der Waals surface area contributed by atoms with E-state index in [0.29, 0.717) is 6.07 Å². The van der Waals surface area contributed by atoms with Gasteiger partial charge in [0.1, 0.15) is 11.6 Å². The van der Waals surface area contributed by atoms with E-state index in [1.807, 2.05) is 0 Å². The molecule has 0 saturated carbocycles. The number of nitrogens with zero attached hydrogens (tertiary/aromatic N) is 1. The van der Waals surface area contributed by atoms with Gasteiger partial charge in [-0.1, -0.05) is 0 Å². The fourth-order valence-electron chi connectivity index (χ4n) is 2.13. The molecule has 0 spiro atoms. The molecule has 0 bridgehead atoms. The average molecular weight is 266 g/mol. The number of hydrogen-bond acceptors (Lipinski definition) is 2. The van der Waals surface area contributed by atoms with Crippen molar-refractivity contribution in [3.63, 3.8) is 0 Å². The van der Waals surface area contributed by atoms with Crippen molar-refractivity contribution >= 4 is 17.5 Å². The van der Waals surface area contributed by atoms with Crippen molar-refractivity contribution in [3.8, 4) is 0 Å². The summed E-state index contributed by atoms with van der Waals surface area (Å²) in [6.45, 7) is 1.51. The van der Waals surface area contributed by atoms with E-state index in [9.17, 15) is 18.4 Å². The summed E-state index contributed by atoms with van der Waals surface area (Å²) in [4.78, 5) is 24.2. The smallest absolute Gasteiger partial charge is 0.246 e. The van der Waals surface area contributed by atoms with E-state index in [-0.39, 0.29) is 35.7 Å². The molecule has 2 amide bonds. The molecule has 0 aromatic heterocycles. The monoisotopic (exact) mass is 266 g/mol. The predicted molar refractivity (Wildman–Crippen MR) is 65.0 cm³/mol. The van der Waals surface area contributed by atoms with Gasteiger partial charge in [0.05, 0.1) is 5.69 Å². The molecule has 0 unspecified atom stereocenters. The number of primary amides is 1. The minimum Gasteiger partial charge on any atom is -0.366 e. The van der Waals surface area contributed by atoms with Gasteiger partial charge in [-0.2, -0.15) is 0 Å². The summed E-state index contributed by atoms with van der Waals surface area (Å²) in [5.74, 6) is -2.59. The van der Waals surface area contributed by atoms with Crippen LogP contribution < -0.4 is 10.6 Å². The highest BCUT2D eigenvalue weighted by molar-refractivity contribution is 6.03. The number of hydrogen-bond donors (Lipinski definition) is 1. The molecule has 19 heavy (non-hydrogen) atoms. The van der Waals surface area contributed by atoms with Gasteiger partial charge in [0.2, 0.25) is 11.8 Å². The lowest BCUT2D eigenvalue weighted by Gasteiger charge is -2.29. The van der Waals surface area contributed by atoms with Crippen LogP contribution in [0.2, 0.25) is 0 Å². The summed E-state index contributed by atoms with van der Waals surface area (Å²) in [5, 5.41) is 0. The SMILES string of the molecule is CC1=C(C(N)=O)CCC(=O)N1c1ccc(F)cc1F. The van der Waals surface area contributed by atoms with Gasteiger partial charge in [-0.05, 0) is 25.5 Å². The molecule has 2 N–H and O–H groups in total. The van der Waals surface area contributed by atoms with E-state index in [0.717, 1.165) is 17.0 Å². The van der Waals surface area contributed by atoms with Gasteiger partial charge >= 0.3 is 0 Å². The Morgan fingerprint density at radius 2 is 2.00 bits per heavy atom. The van der Waals surface area contributed by atoms with Crippen LogP contribution in [0.25, 0.3) is 0 Å². The Labute approximate surface area is 108 Å². The quantitative estimate of drug-likeness (QED) is 0.887. The number of anilines is 1. The first-order valence-electron chi connectivity index (χ1n) is 5.69. The molecule has 2 rings (SSSR count). The molecule has 4 nitrogen and oxygen atoms in total. The van der Waals surface area contributed by atoms with Crippen LogP contribution in [-0.4, -0.2) is 11.8 Å². The Kier molecular flexibility index (Phi) is 3.33. The van der Waals surface area contributed by atoms with Crippen molar-refractivity contribution in [2.75, 3.05) is 4.90 Å². The highest BCUT2D eigenvalue weighted by Crippen LogP contribution is 2.30. The van der Waals surface area contributed by atoms with Gasteiger partial charge in [0.25, 0.3) is 0 Å². The van der Waals surface area contributed by atoms with Crippen LogP contribution in [0.3, 0.4) is 0 Å². The molecule has 0 atom stereocenters. The van der Waals surface area contributed by atoms with Crippen molar-refractivity contribution in [2.24, 2.45) is 5.73 Å². The van der Waals surface area contributed by atoms with Crippen molar-refractivity contribution in [1.82, 2.24) is 0 Å². The standard InChI is InChI=1S/C13H12F2N2O2/c1-7-9(13(16)19)3-5-12(18)17(7)11-4-2-8(14)6-10(11)15/h2,4,6H,3,5H2,1H3,(H2,16,19).